The number of methoxy groups -OCH3 is 1. The van der Waals surface area contributed by atoms with Crippen LogP contribution in [0.3, 0.4) is 0 Å². The van der Waals surface area contributed by atoms with Gasteiger partial charge in [0.05, 0.1) is 29.9 Å². The summed E-state index contributed by atoms with van der Waals surface area (Å²) < 4.78 is 19.5. The molecular formula is C22H23FN8O. The van der Waals surface area contributed by atoms with Crippen LogP contribution in [-0.2, 0) is 6.42 Å². The van der Waals surface area contributed by atoms with E-state index in [2.05, 4.69) is 25.2 Å². The molecule has 0 fully saturated rings. The quantitative estimate of drug-likeness (QED) is 0.324. The highest BCUT2D eigenvalue weighted by Gasteiger charge is 2.30. The molecule has 0 amide bonds. The lowest BCUT2D eigenvalue weighted by molar-refractivity contribution is 0.398. The van der Waals surface area contributed by atoms with E-state index in [-0.39, 0.29) is 23.6 Å². The Hall–Kier alpha value is -4.08. The molecule has 1 aromatic carbocycles. The summed E-state index contributed by atoms with van der Waals surface area (Å²) in [5.74, 6) is 0.0158. The minimum Gasteiger partial charge on any atom is -0.481 e. The topological polar surface area (TPSA) is 151 Å². The van der Waals surface area contributed by atoms with Crippen molar-refractivity contribution in [3.05, 3.63) is 64.7 Å². The maximum atomic E-state index is 14.2. The highest BCUT2D eigenvalue weighted by molar-refractivity contribution is 6.04. The zero-order valence-corrected chi connectivity index (χ0v) is 17.7. The number of hydrogen-bond acceptors (Lipinski definition) is 7. The minimum absolute atomic E-state index is 0.0900. The molecule has 2 heterocycles. The molecule has 10 heteroatoms. The molecule has 6 N–H and O–H groups in total. The van der Waals surface area contributed by atoms with Crippen LogP contribution in [-0.4, -0.2) is 33.7 Å². The fourth-order valence-corrected chi connectivity index (χ4v) is 4.03. The van der Waals surface area contributed by atoms with Crippen LogP contribution in [0.25, 0.3) is 11.3 Å². The van der Waals surface area contributed by atoms with Crippen LogP contribution in [0, 0.1) is 12.7 Å². The molecule has 1 unspecified atom stereocenters. The van der Waals surface area contributed by atoms with Crippen LogP contribution in [0.2, 0.25) is 0 Å². The largest absolute Gasteiger partial charge is 0.481 e. The maximum absolute atomic E-state index is 14.2. The van der Waals surface area contributed by atoms with E-state index in [1.54, 1.807) is 12.1 Å². The van der Waals surface area contributed by atoms with Crippen LogP contribution in [0.1, 0.15) is 34.9 Å². The van der Waals surface area contributed by atoms with Crippen LogP contribution in [0.5, 0.6) is 5.88 Å². The summed E-state index contributed by atoms with van der Waals surface area (Å²) in [7, 11) is 1.54. The summed E-state index contributed by atoms with van der Waals surface area (Å²) in [6.07, 6.45) is 1.06. The minimum atomic E-state index is -0.360. The molecule has 0 saturated heterocycles. The molecular weight excluding hydrogens is 411 g/mol. The van der Waals surface area contributed by atoms with E-state index in [9.17, 15) is 4.39 Å². The Morgan fingerprint density at radius 2 is 1.94 bits per heavy atom. The Bertz CT molecular complexity index is 1240. The predicted molar refractivity (Wildman–Crippen MR) is 121 cm³/mol. The van der Waals surface area contributed by atoms with Crippen molar-refractivity contribution >= 4 is 17.6 Å². The first kappa shape index (κ1) is 21.2. The van der Waals surface area contributed by atoms with Gasteiger partial charge in [-0.1, -0.05) is 12.1 Å². The third-order valence-corrected chi connectivity index (χ3v) is 5.30. The molecule has 1 aliphatic carbocycles. The normalized spacial score (nSPS) is 16.5. The molecule has 2 aromatic heterocycles. The van der Waals surface area contributed by atoms with Crippen molar-refractivity contribution in [2.45, 2.75) is 25.7 Å². The van der Waals surface area contributed by atoms with Gasteiger partial charge in [0.25, 0.3) is 0 Å². The number of rotatable bonds is 4. The Balaban J connectivity index is 1.86. The third kappa shape index (κ3) is 4.20. The second-order valence-electron chi connectivity index (χ2n) is 7.46. The number of nitrogen functional groups attached to an aromatic ring is 1. The van der Waals surface area contributed by atoms with Crippen LogP contribution in [0.15, 0.2) is 46.6 Å². The number of anilines is 1. The zero-order valence-electron chi connectivity index (χ0n) is 17.7. The monoisotopic (exact) mass is 434 g/mol. The summed E-state index contributed by atoms with van der Waals surface area (Å²) in [4.78, 5) is 13.2. The molecule has 4 rings (SSSR count). The first-order valence-corrected chi connectivity index (χ1v) is 9.95. The van der Waals surface area contributed by atoms with Gasteiger partial charge in [-0.05, 0) is 49.4 Å². The number of fused-ring (bicyclic) bond motifs is 1. The van der Waals surface area contributed by atoms with E-state index in [0.29, 0.717) is 41.4 Å². The van der Waals surface area contributed by atoms with Gasteiger partial charge in [0.15, 0.2) is 0 Å². The smallest absolute Gasteiger partial charge is 0.220 e. The van der Waals surface area contributed by atoms with Gasteiger partial charge in [-0.3, -0.25) is 0 Å². The van der Waals surface area contributed by atoms with Gasteiger partial charge in [0.2, 0.25) is 17.8 Å². The summed E-state index contributed by atoms with van der Waals surface area (Å²) in [6.45, 7) is 1.84. The van der Waals surface area contributed by atoms with Crippen LogP contribution >= 0.6 is 0 Å². The number of nitrogens with two attached hydrogens (primary N) is 3. The predicted octanol–water partition coefficient (Wildman–Crippen LogP) is 2.28. The van der Waals surface area contributed by atoms with E-state index in [1.165, 1.54) is 19.2 Å². The molecule has 9 nitrogen and oxygen atoms in total. The molecule has 0 saturated carbocycles. The van der Waals surface area contributed by atoms with Gasteiger partial charge in [-0.25, -0.2) is 19.3 Å². The number of hydrogen-bond donors (Lipinski definition) is 3. The van der Waals surface area contributed by atoms with Crippen molar-refractivity contribution in [3.8, 4) is 17.1 Å². The number of aryl methyl sites for hydroxylation is 1. The average Bonchev–Trinajstić information content (AvgIpc) is 2.76. The Morgan fingerprint density at radius 3 is 2.69 bits per heavy atom. The summed E-state index contributed by atoms with van der Waals surface area (Å²) in [5.41, 5.74) is 21.9. The second kappa shape index (κ2) is 8.58. The molecule has 1 atom stereocenters. The van der Waals surface area contributed by atoms with Crippen molar-refractivity contribution < 1.29 is 9.13 Å². The molecule has 0 bridgehead atoms. The lowest BCUT2D eigenvalue weighted by Crippen LogP contribution is -2.25. The first-order chi connectivity index (χ1) is 15.4. The lowest BCUT2D eigenvalue weighted by Gasteiger charge is -2.27. The molecule has 0 radical (unpaired) electrons. The zero-order chi connectivity index (χ0) is 22.8. The number of ether oxygens (including phenoxy) is 1. The molecule has 164 valence electrons. The number of pyridine rings is 1. The highest BCUT2D eigenvalue weighted by atomic mass is 19.1. The van der Waals surface area contributed by atoms with Crippen molar-refractivity contribution in [1.82, 2.24) is 15.0 Å². The van der Waals surface area contributed by atoms with E-state index in [1.807, 2.05) is 19.1 Å². The van der Waals surface area contributed by atoms with Gasteiger partial charge in [-0.2, -0.15) is 5.10 Å². The molecule has 32 heavy (non-hydrogen) atoms. The van der Waals surface area contributed by atoms with E-state index in [4.69, 9.17) is 21.9 Å². The lowest BCUT2D eigenvalue weighted by atomic mass is 9.78. The van der Waals surface area contributed by atoms with Crippen molar-refractivity contribution in [2.24, 2.45) is 21.7 Å². The second-order valence-corrected chi connectivity index (χ2v) is 7.46. The Kier molecular flexibility index (Phi) is 5.67. The van der Waals surface area contributed by atoms with Crippen molar-refractivity contribution in [3.63, 3.8) is 0 Å². The maximum Gasteiger partial charge on any atom is 0.220 e. The van der Waals surface area contributed by atoms with E-state index in [0.717, 1.165) is 16.8 Å². The molecule has 0 spiro atoms. The molecule has 0 aliphatic heterocycles. The number of aromatic nitrogens is 3. The Morgan fingerprint density at radius 1 is 1.12 bits per heavy atom. The summed E-state index contributed by atoms with van der Waals surface area (Å²) in [5, 5.41) is 8.10. The van der Waals surface area contributed by atoms with Crippen molar-refractivity contribution in [1.29, 1.82) is 0 Å². The number of guanidine groups is 1. The van der Waals surface area contributed by atoms with E-state index >= 15 is 0 Å². The fourth-order valence-electron chi connectivity index (χ4n) is 4.03. The SMILES string of the molecule is COc1cccc(-c2cc(F)ccc2C2C/C(=N/N=C(N)N)c3c(C)nc(N)nc3C2)n1. The van der Waals surface area contributed by atoms with Gasteiger partial charge in [0, 0.05) is 17.2 Å². The number of nitrogens with zero attached hydrogens (tertiary/aromatic N) is 5. The van der Waals surface area contributed by atoms with Crippen LogP contribution < -0.4 is 21.9 Å². The Labute approximate surface area is 184 Å². The standard InChI is InChI=1S/C22H23FN8O/c1-11-20-17(29-22(26)27-11)8-12(9-18(20)30-31-21(24)25)14-7-6-13(23)10-15(14)16-4-3-5-19(28-16)32-2/h3-7,10,12H,8-9H2,1-2H3,(H4,24,25,31)(H2,26,27,29)/b30-18-. The summed E-state index contributed by atoms with van der Waals surface area (Å²) in [6, 6.07) is 10.0. The van der Waals surface area contributed by atoms with Gasteiger partial charge in [-0.15, -0.1) is 5.10 Å². The average molecular weight is 434 g/mol. The number of halogens is 1. The van der Waals surface area contributed by atoms with Crippen molar-refractivity contribution in [2.75, 3.05) is 12.8 Å². The fraction of sp³-hybridized carbons (Fsp3) is 0.227. The van der Waals surface area contributed by atoms with Crippen LogP contribution in [0.4, 0.5) is 10.3 Å². The third-order valence-electron chi connectivity index (χ3n) is 5.30. The van der Waals surface area contributed by atoms with E-state index < -0.39 is 0 Å². The molecule has 3 aromatic rings. The van der Waals surface area contributed by atoms with Gasteiger partial charge in [0.1, 0.15) is 5.82 Å². The first-order valence-electron chi connectivity index (χ1n) is 9.95. The summed E-state index contributed by atoms with van der Waals surface area (Å²) >= 11 is 0. The molecule has 1 aliphatic rings. The highest BCUT2D eigenvalue weighted by Crippen LogP contribution is 2.38. The number of benzene rings is 1. The van der Waals surface area contributed by atoms with Gasteiger partial charge >= 0.3 is 0 Å². The van der Waals surface area contributed by atoms with Gasteiger partial charge < -0.3 is 21.9 Å².